The van der Waals surface area contributed by atoms with Gasteiger partial charge in [-0.05, 0) is 37.3 Å². The Hall–Kier alpha value is -2.89. The van der Waals surface area contributed by atoms with E-state index in [9.17, 15) is 0 Å². The number of methoxy groups -OCH3 is 1. The monoisotopic (exact) mass is 282 g/mol. The summed E-state index contributed by atoms with van der Waals surface area (Å²) in [7, 11) is 1.59. The molecule has 0 radical (unpaired) electrons. The van der Waals surface area contributed by atoms with E-state index in [1.165, 1.54) is 0 Å². The van der Waals surface area contributed by atoms with Gasteiger partial charge in [0.15, 0.2) is 0 Å². The van der Waals surface area contributed by atoms with Crippen LogP contribution in [0.15, 0.2) is 40.9 Å². The number of rotatable bonds is 3. The number of aryl methyl sites for hydroxylation is 1. The zero-order valence-corrected chi connectivity index (χ0v) is 11.7. The summed E-state index contributed by atoms with van der Waals surface area (Å²) in [6, 6.07) is 10.9. The van der Waals surface area contributed by atoms with Crippen LogP contribution in [0.4, 0.5) is 5.69 Å². The molecule has 0 saturated heterocycles. The summed E-state index contributed by atoms with van der Waals surface area (Å²) in [5.74, 6) is 1.44. The lowest BCUT2D eigenvalue weighted by molar-refractivity contribution is 0.413. The minimum atomic E-state index is 0.338. The zero-order valence-electron chi connectivity index (χ0n) is 11.7. The molecule has 3 aromatic rings. The van der Waals surface area contributed by atoms with Crippen molar-refractivity contribution in [3.63, 3.8) is 0 Å². The van der Waals surface area contributed by atoms with E-state index in [-0.39, 0.29) is 0 Å². The Morgan fingerprint density at radius 1 is 1.14 bits per heavy atom. The average Bonchev–Trinajstić information content (AvgIpc) is 2.97. The number of ether oxygens (including phenoxy) is 1. The Balaban J connectivity index is 2.02. The summed E-state index contributed by atoms with van der Waals surface area (Å²) < 4.78 is 10.5. The number of pyridine rings is 1. The number of hydrogen-bond acceptors (Lipinski definition) is 6. The van der Waals surface area contributed by atoms with Crippen molar-refractivity contribution in [2.45, 2.75) is 6.92 Å². The molecule has 0 atom stereocenters. The molecule has 0 saturated carbocycles. The van der Waals surface area contributed by atoms with Gasteiger partial charge in [0.25, 0.3) is 5.89 Å². The van der Waals surface area contributed by atoms with Crippen LogP contribution in [0.2, 0.25) is 0 Å². The number of nitrogens with zero attached hydrogens (tertiary/aromatic N) is 3. The van der Waals surface area contributed by atoms with Crippen LogP contribution < -0.4 is 10.5 Å². The fourth-order valence-corrected chi connectivity index (χ4v) is 1.95. The molecule has 2 aromatic heterocycles. The van der Waals surface area contributed by atoms with Crippen molar-refractivity contribution in [3.05, 3.63) is 42.1 Å². The van der Waals surface area contributed by atoms with Gasteiger partial charge < -0.3 is 15.0 Å². The van der Waals surface area contributed by atoms with Gasteiger partial charge in [-0.25, -0.2) is 4.98 Å². The van der Waals surface area contributed by atoms with E-state index in [0.717, 1.165) is 5.69 Å². The van der Waals surface area contributed by atoms with Crippen LogP contribution in [0.3, 0.4) is 0 Å². The van der Waals surface area contributed by atoms with Crippen molar-refractivity contribution >= 4 is 5.69 Å². The minimum Gasteiger partial charge on any atom is -0.497 e. The number of nitrogen functional groups attached to an aromatic ring is 1. The van der Waals surface area contributed by atoms with E-state index >= 15 is 0 Å². The molecule has 0 amide bonds. The lowest BCUT2D eigenvalue weighted by Gasteiger charge is -2.03. The Kier molecular flexibility index (Phi) is 3.27. The SMILES string of the molecule is COc1ccc(N)c(-c2nc(-c3cccc(C)n3)no2)c1. The molecule has 6 heteroatoms. The first-order valence-electron chi connectivity index (χ1n) is 6.39. The van der Waals surface area contributed by atoms with Crippen LogP contribution in [0.5, 0.6) is 5.75 Å². The summed E-state index contributed by atoms with van der Waals surface area (Å²) >= 11 is 0. The zero-order chi connectivity index (χ0) is 14.8. The van der Waals surface area contributed by atoms with Gasteiger partial charge in [-0.3, -0.25) is 0 Å². The minimum absolute atomic E-state index is 0.338. The molecule has 0 aliphatic rings. The number of nitrogens with two attached hydrogens (primary N) is 1. The van der Waals surface area contributed by atoms with Gasteiger partial charge in [0.2, 0.25) is 5.82 Å². The average molecular weight is 282 g/mol. The van der Waals surface area contributed by atoms with Gasteiger partial charge in [-0.2, -0.15) is 4.98 Å². The summed E-state index contributed by atoms with van der Waals surface area (Å²) in [5.41, 5.74) is 8.68. The fraction of sp³-hybridized carbons (Fsp3) is 0.133. The second kappa shape index (κ2) is 5.24. The van der Waals surface area contributed by atoms with E-state index in [1.54, 1.807) is 25.3 Å². The lowest BCUT2D eigenvalue weighted by atomic mass is 10.1. The van der Waals surface area contributed by atoms with Crippen LogP contribution in [0, 0.1) is 6.92 Å². The molecule has 0 aliphatic heterocycles. The third-order valence-electron chi connectivity index (χ3n) is 3.03. The van der Waals surface area contributed by atoms with Gasteiger partial charge in [-0.15, -0.1) is 0 Å². The van der Waals surface area contributed by atoms with Crippen molar-refractivity contribution in [2.75, 3.05) is 12.8 Å². The summed E-state index contributed by atoms with van der Waals surface area (Å²) in [6.45, 7) is 1.91. The van der Waals surface area contributed by atoms with Gasteiger partial charge in [0.05, 0.1) is 12.7 Å². The van der Waals surface area contributed by atoms with E-state index in [4.69, 9.17) is 15.0 Å². The molecule has 0 fully saturated rings. The molecule has 106 valence electrons. The van der Waals surface area contributed by atoms with Crippen molar-refractivity contribution in [1.82, 2.24) is 15.1 Å². The maximum absolute atomic E-state index is 5.95. The van der Waals surface area contributed by atoms with Gasteiger partial charge in [-0.1, -0.05) is 11.2 Å². The molecule has 3 rings (SSSR count). The highest BCUT2D eigenvalue weighted by Gasteiger charge is 2.14. The van der Waals surface area contributed by atoms with Gasteiger partial charge in [0, 0.05) is 11.4 Å². The Morgan fingerprint density at radius 2 is 2.00 bits per heavy atom. The second-order valence-corrected chi connectivity index (χ2v) is 4.54. The van der Waals surface area contributed by atoms with Crippen LogP contribution in [0.1, 0.15) is 5.69 Å². The highest BCUT2D eigenvalue weighted by atomic mass is 16.5. The summed E-state index contributed by atoms with van der Waals surface area (Å²) in [5, 5.41) is 3.96. The standard InChI is InChI=1S/C15H14N4O2/c1-9-4-3-5-13(17-9)14-18-15(21-19-14)11-8-10(20-2)6-7-12(11)16/h3-8H,16H2,1-2H3. The Labute approximate surface area is 121 Å². The first kappa shape index (κ1) is 13.1. The summed E-state index contributed by atoms with van der Waals surface area (Å²) in [6.07, 6.45) is 0. The maximum Gasteiger partial charge on any atom is 0.260 e. The van der Waals surface area contributed by atoms with Gasteiger partial charge in [0.1, 0.15) is 11.4 Å². The fourth-order valence-electron chi connectivity index (χ4n) is 1.95. The molecule has 0 aliphatic carbocycles. The highest BCUT2D eigenvalue weighted by Crippen LogP contribution is 2.29. The van der Waals surface area contributed by atoms with Crippen LogP contribution in [-0.4, -0.2) is 22.2 Å². The molecular formula is C15H14N4O2. The van der Waals surface area contributed by atoms with Crippen molar-refractivity contribution in [3.8, 4) is 28.7 Å². The molecule has 6 nitrogen and oxygen atoms in total. The third-order valence-corrected chi connectivity index (χ3v) is 3.03. The number of hydrogen-bond donors (Lipinski definition) is 1. The lowest BCUT2D eigenvalue weighted by Crippen LogP contribution is -1.92. The summed E-state index contributed by atoms with van der Waals surface area (Å²) in [4.78, 5) is 8.72. The number of anilines is 1. The van der Waals surface area contributed by atoms with E-state index in [0.29, 0.717) is 34.4 Å². The van der Waals surface area contributed by atoms with E-state index in [2.05, 4.69) is 15.1 Å². The third kappa shape index (κ3) is 2.55. The largest absolute Gasteiger partial charge is 0.497 e. The van der Waals surface area contributed by atoms with Crippen molar-refractivity contribution in [2.24, 2.45) is 0 Å². The second-order valence-electron chi connectivity index (χ2n) is 4.54. The topological polar surface area (TPSA) is 87.1 Å². The Bertz CT molecular complexity index is 783. The molecule has 0 unspecified atom stereocenters. The molecule has 2 heterocycles. The van der Waals surface area contributed by atoms with Gasteiger partial charge >= 0.3 is 0 Å². The molecule has 2 N–H and O–H groups in total. The molecule has 0 bridgehead atoms. The highest BCUT2D eigenvalue weighted by molar-refractivity contribution is 5.72. The maximum atomic E-state index is 5.95. The number of aromatic nitrogens is 3. The van der Waals surface area contributed by atoms with Crippen molar-refractivity contribution in [1.29, 1.82) is 0 Å². The first-order chi connectivity index (χ1) is 10.2. The van der Waals surface area contributed by atoms with Crippen molar-refractivity contribution < 1.29 is 9.26 Å². The predicted octanol–water partition coefficient (Wildman–Crippen LogP) is 2.70. The van der Waals surface area contributed by atoms with E-state index < -0.39 is 0 Å². The molecule has 0 spiro atoms. The number of benzene rings is 1. The predicted molar refractivity (Wildman–Crippen MR) is 78.7 cm³/mol. The molecule has 1 aromatic carbocycles. The van der Waals surface area contributed by atoms with Crippen LogP contribution >= 0.6 is 0 Å². The molecular weight excluding hydrogens is 268 g/mol. The smallest absolute Gasteiger partial charge is 0.260 e. The first-order valence-corrected chi connectivity index (χ1v) is 6.39. The quantitative estimate of drug-likeness (QED) is 0.743. The van der Waals surface area contributed by atoms with Crippen LogP contribution in [-0.2, 0) is 0 Å². The van der Waals surface area contributed by atoms with E-state index in [1.807, 2.05) is 25.1 Å². The Morgan fingerprint density at radius 3 is 2.76 bits per heavy atom. The molecule has 21 heavy (non-hydrogen) atoms. The van der Waals surface area contributed by atoms with Crippen LogP contribution in [0.25, 0.3) is 23.0 Å². The normalized spacial score (nSPS) is 10.6.